The van der Waals surface area contributed by atoms with Gasteiger partial charge in [-0.25, -0.2) is 15.0 Å². The van der Waals surface area contributed by atoms with Gasteiger partial charge in [0.2, 0.25) is 5.90 Å². The van der Waals surface area contributed by atoms with Crippen molar-refractivity contribution in [1.29, 1.82) is 0 Å². The van der Waals surface area contributed by atoms with Gasteiger partial charge in [0.25, 0.3) is 0 Å². The molecule has 31 heavy (non-hydrogen) atoms. The molecule has 6 nitrogen and oxygen atoms in total. The van der Waals surface area contributed by atoms with E-state index in [9.17, 15) is 4.21 Å². The number of ether oxygens (including phenoxy) is 1. The Balaban J connectivity index is 1.74. The van der Waals surface area contributed by atoms with Crippen LogP contribution in [-0.2, 0) is 15.5 Å². The second-order valence-corrected chi connectivity index (χ2v) is 8.91. The highest BCUT2D eigenvalue weighted by Gasteiger charge is 2.23. The molecule has 0 amide bonds. The van der Waals surface area contributed by atoms with Crippen molar-refractivity contribution in [3.8, 4) is 11.3 Å². The summed E-state index contributed by atoms with van der Waals surface area (Å²) in [7, 11) is -1.04. The fourth-order valence-electron chi connectivity index (χ4n) is 3.51. The zero-order valence-corrected chi connectivity index (χ0v) is 18.5. The van der Waals surface area contributed by atoms with Crippen molar-refractivity contribution >= 4 is 28.3 Å². The zero-order chi connectivity index (χ0) is 22.0. The topological polar surface area (TPSA) is 90.5 Å². The third-order valence-corrected chi connectivity index (χ3v) is 5.98. The normalized spacial score (nSPS) is 17.5. The largest absolute Gasteiger partial charge is 0.437 e. The van der Waals surface area contributed by atoms with E-state index < -0.39 is 10.8 Å². The van der Waals surface area contributed by atoms with Gasteiger partial charge in [0.1, 0.15) is 5.76 Å². The third-order valence-electron chi connectivity index (χ3n) is 5.05. The molecule has 2 unspecified atom stereocenters. The molecule has 0 radical (unpaired) electrons. The molecule has 1 aromatic heterocycles. The maximum Gasteiger partial charge on any atom is 0.245 e. The van der Waals surface area contributed by atoms with Crippen LogP contribution >= 0.6 is 0 Å². The SMILES string of the molecule is CC1=C(c2ccccc2)OC(c2nc(-c3ccc(S(C)=O)cc3)cnc2N)=NC(C)C1. The number of hydrogen-bond acceptors (Lipinski definition) is 6. The highest BCUT2D eigenvalue weighted by molar-refractivity contribution is 7.84. The molecule has 0 saturated heterocycles. The lowest BCUT2D eigenvalue weighted by molar-refractivity contribution is 0.503. The van der Waals surface area contributed by atoms with Gasteiger partial charge in [-0.3, -0.25) is 4.21 Å². The van der Waals surface area contributed by atoms with Crippen molar-refractivity contribution in [1.82, 2.24) is 9.97 Å². The van der Waals surface area contributed by atoms with Crippen molar-refractivity contribution in [3.05, 3.63) is 77.6 Å². The summed E-state index contributed by atoms with van der Waals surface area (Å²) in [5.41, 5.74) is 10.2. The van der Waals surface area contributed by atoms with Crippen LogP contribution < -0.4 is 5.73 Å². The second kappa shape index (κ2) is 8.81. The molecule has 0 spiro atoms. The van der Waals surface area contributed by atoms with Crippen LogP contribution in [0.1, 0.15) is 31.5 Å². The highest BCUT2D eigenvalue weighted by atomic mass is 32.2. The first-order valence-electron chi connectivity index (χ1n) is 10.00. The summed E-state index contributed by atoms with van der Waals surface area (Å²) < 4.78 is 18.0. The number of nitrogens with two attached hydrogens (primary N) is 1. The van der Waals surface area contributed by atoms with Crippen molar-refractivity contribution < 1.29 is 8.95 Å². The fraction of sp³-hybridized carbons (Fsp3) is 0.208. The van der Waals surface area contributed by atoms with Crippen LogP contribution in [0.25, 0.3) is 17.0 Å². The smallest absolute Gasteiger partial charge is 0.245 e. The number of nitrogen functional groups attached to an aromatic ring is 1. The Bertz CT molecular complexity index is 1190. The average Bonchev–Trinajstić information content (AvgIpc) is 2.92. The van der Waals surface area contributed by atoms with E-state index in [0.29, 0.717) is 17.3 Å². The summed E-state index contributed by atoms with van der Waals surface area (Å²) in [6.07, 6.45) is 4.05. The molecule has 4 rings (SSSR count). The van der Waals surface area contributed by atoms with Gasteiger partial charge >= 0.3 is 0 Å². The molecule has 7 heteroatoms. The molecule has 2 N–H and O–H groups in total. The minimum absolute atomic E-state index is 0.0138. The highest BCUT2D eigenvalue weighted by Crippen LogP contribution is 2.29. The Morgan fingerprint density at radius 1 is 1.06 bits per heavy atom. The molecule has 3 aromatic rings. The Morgan fingerprint density at radius 2 is 1.77 bits per heavy atom. The first kappa shape index (κ1) is 20.9. The molecule has 1 aliphatic rings. The van der Waals surface area contributed by atoms with Gasteiger partial charge in [0, 0.05) is 33.1 Å². The van der Waals surface area contributed by atoms with E-state index in [2.05, 4.69) is 11.9 Å². The van der Waals surface area contributed by atoms with E-state index in [1.807, 2.05) is 61.5 Å². The van der Waals surface area contributed by atoms with Crippen molar-refractivity contribution in [3.63, 3.8) is 0 Å². The van der Waals surface area contributed by atoms with E-state index in [1.54, 1.807) is 12.5 Å². The van der Waals surface area contributed by atoms with Gasteiger partial charge in [-0.15, -0.1) is 0 Å². The summed E-state index contributed by atoms with van der Waals surface area (Å²) in [4.78, 5) is 14.6. The maximum absolute atomic E-state index is 11.7. The summed E-state index contributed by atoms with van der Waals surface area (Å²) in [5, 5.41) is 0. The van der Waals surface area contributed by atoms with Gasteiger partial charge in [0.05, 0.1) is 17.9 Å². The molecule has 2 atom stereocenters. The molecule has 1 aliphatic heterocycles. The Labute approximate surface area is 184 Å². The zero-order valence-electron chi connectivity index (χ0n) is 17.7. The van der Waals surface area contributed by atoms with Crippen LogP contribution in [0.5, 0.6) is 0 Å². The number of anilines is 1. The molecule has 2 heterocycles. The summed E-state index contributed by atoms with van der Waals surface area (Å²) in [6, 6.07) is 17.4. The minimum atomic E-state index is -1.04. The van der Waals surface area contributed by atoms with Crippen molar-refractivity contribution in [2.75, 3.05) is 12.0 Å². The quantitative estimate of drug-likeness (QED) is 0.658. The van der Waals surface area contributed by atoms with Gasteiger partial charge in [0.15, 0.2) is 11.5 Å². The molecular weight excluding hydrogens is 408 g/mol. The van der Waals surface area contributed by atoms with Gasteiger partial charge in [-0.1, -0.05) is 42.5 Å². The van der Waals surface area contributed by atoms with Crippen molar-refractivity contribution in [2.45, 2.75) is 31.2 Å². The van der Waals surface area contributed by atoms with Gasteiger partial charge in [-0.2, -0.15) is 0 Å². The number of benzene rings is 2. The molecule has 158 valence electrons. The van der Waals surface area contributed by atoms with E-state index in [4.69, 9.17) is 20.4 Å². The summed E-state index contributed by atoms with van der Waals surface area (Å²) in [6.45, 7) is 4.10. The first-order valence-corrected chi connectivity index (χ1v) is 11.6. The molecule has 0 fully saturated rings. The average molecular weight is 433 g/mol. The Morgan fingerprint density at radius 3 is 2.45 bits per heavy atom. The number of nitrogens with zero attached hydrogens (tertiary/aromatic N) is 3. The van der Waals surface area contributed by atoms with Crippen LogP contribution in [0.3, 0.4) is 0 Å². The molecule has 0 aliphatic carbocycles. The lowest BCUT2D eigenvalue weighted by atomic mass is 10.0. The van der Waals surface area contributed by atoms with E-state index in [0.717, 1.165) is 33.8 Å². The van der Waals surface area contributed by atoms with Gasteiger partial charge in [-0.05, 0) is 38.0 Å². The number of hydrogen-bond donors (Lipinski definition) is 1. The Kier molecular flexibility index (Phi) is 5.95. The van der Waals surface area contributed by atoms with Crippen LogP contribution in [0.15, 0.2) is 76.3 Å². The predicted octanol–water partition coefficient (Wildman–Crippen LogP) is 4.45. The van der Waals surface area contributed by atoms with Gasteiger partial charge < -0.3 is 10.5 Å². The summed E-state index contributed by atoms with van der Waals surface area (Å²) in [5.74, 6) is 1.39. The van der Waals surface area contributed by atoms with E-state index in [-0.39, 0.29) is 11.9 Å². The minimum Gasteiger partial charge on any atom is -0.437 e. The van der Waals surface area contributed by atoms with Crippen LogP contribution in [-0.4, -0.2) is 32.4 Å². The Hall–Kier alpha value is -3.32. The number of aromatic nitrogens is 2. The second-order valence-electron chi connectivity index (χ2n) is 7.53. The molecule has 0 bridgehead atoms. The maximum atomic E-state index is 11.7. The van der Waals surface area contributed by atoms with Crippen LogP contribution in [0, 0.1) is 0 Å². The summed E-state index contributed by atoms with van der Waals surface area (Å²) >= 11 is 0. The molecular formula is C24H24N4O2S. The van der Waals surface area contributed by atoms with Crippen LogP contribution in [0.2, 0.25) is 0 Å². The lowest BCUT2D eigenvalue weighted by Gasteiger charge is -2.14. The first-order chi connectivity index (χ1) is 14.9. The lowest BCUT2D eigenvalue weighted by Crippen LogP contribution is -2.14. The molecule has 2 aromatic carbocycles. The third kappa shape index (κ3) is 4.56. The van der Waals surface area contributed by atoms with E-state index in [1.165, 1.54) is 0 Å². The molecule has 0 saturated carbocycles. The standard InChI is InChI=1S/C24H24N4O2S/c1-15-13-16(2)27-24(30-22(15)18-7-5-4-6-8-18)21-23(25)26-14-20(28-21)17-9-11-19(12-10-17)31(3)29/h4-12,14,16H,13H2,1-3H3,(H2,25,26). The number of rotatable bonds is 4. The predicted molar refractivity (Wildman–Crippen MR) is 125 cm³/mol. The fourth-order valence-corrected chi connectivity index (χ4v) is 4.03. The van der Waals surface area contributed by atoms with Crippen molar-refractivity contribution in [2.24, 2.45) is 4.99 Å². The van der Waals surface area contributed by atoms with Crippen LogP contribution in [0.4, 0.5) is 5.82 Å². The monoisotopic (exact) mass is 432 g/mol. The van der Waals surface area contributed by atoms with E-state index >= 15 is 0 Å². The number of aliphatic imine (C=N–C) groups is 1.